The minimum atomic E-state index is -0.643. The molecule has 6 nitrogen and oxygen atoms in total. The zero-order chi connectivity index (χ0) is 21.3. The molecule has 1 aromatic carbocycles. The van der Waals surface area contributed by atoms with Crippen LogP contribution >= 0.6 is 0 Å². The third kappa shape index (κ3) is 2.91. The molecule has 4 fully saturated rings. The number of likely N-dealkylation sites (N-methyl/N-ethyl adjacent to an activating group) is 1. The molecule has 5 rings (SSSR count). The minimum absolute atomic E-state index is 0.0340. The van der Waals surface area contributed by atoms with Gasteiger partial charge in [-0.15, -0.1) is 0 Å². The van der Waals surface area contributed by atoms with Gasteiger partial charge in [-0.2, -0.15) is 0 Å². The molecule has 4 aliphatic rings. The average Bonchev–Trinajstić information content (AvgIpc) is 3.37. The van der Waals surface area contributed by atoms with Crippen LogP contribution < -0.4 is 4.90 Å². The Kier molecular flexibility index (Phi) is 4.69. The van der Waals surface area contributed by atoms with Gasteiger partial charge in [-0.3, -0.25) is 4.79 Å². The van der Waals surface area contributed by atoms with Crippen LogP contribution in [-0.4, -0.2) is 54.1 Å². The summed E-state index contributed by atoms with van der Waals surface area (Å²) < 4.78 is 12.4. The van der Waals surface area contributed by atoms with Gasteiger partial charge < -0.3 is 24.6 Å². The Morgan fingerprint density at radius 2 is 2.03 bits per heavy atom. The first-order valence-electron chi connectivity index (χ1n) is 11.4. The Morgan fingerprint density at radius 1 is 1.30 bits per heavy atom. The number of phenols is 1. The maximum absolute atomic E-state index is 12.8. The monoisotopic (exact) mass is 416 g/mol. The van der Waals surface area contributed by atoms with Gasteiger partial charge in [-0.1, -0.05) is 32.4 Å². The lowest BCUT2D eigenvalue weighted by Gasteiger charge is -2.48. The SMILES string of the molecule is C[C@@H]1CCC[C@]2(C)C[C@H]3OC(=O)[C@@H](C[NH+](C)C[C@H](O)c4ccc(O)cc4)[C@H]3[C@@H]3O[C@@]132. The summed E-state index contributed by atoms with van der Waals surface area (Å²) in [5.41, 5.74) is 0.811. The van der Waals surface area contributed by atoms with Crippen molar-refractivity contribution in [3.8, 4) is 5.75 Å². The van der Waals surface area contributed by atoms with E-state index in [2.05, 4.69) is 13.8 Å². The summed E-state index contributed by atoms with van der Waals surface area (Å²) in [7, 11) is 2.02. The molecule has 0 bridgehead atoms. The Morgan fingerprint density at radius 3 is 2.77 bits per heavy atom. The lowest BCUT2D eigenvalue weighted by molar-refractivity contribution is -0.886. The number of carbonyl (C=O) groups is 1. The number of fused-ring (bicyclic) bond motifs is 2. The molecule has 3 N–H and O–H groups in total. The first-order chi connectivity index (χ1) is 14.2. The normalized spacial score (nSPS) is 43.7. The molecule has 2 saturated heterocycles. The Balaban J connectivity index is 1.29. The first-order valence-corrected chi connectivity index (χ1v) is 11.4. The van der Waals surface area contributed by atoms with Crippen molar-refractivity contribution in [2.75, 3.05) is 20.1 Å². The second-order valence-corrected chi connectivity index (χ2v) is 10.5. The third-order valence-electron chi connectivity index (χ3n) is 8.58. The van der Waals surface area contributed by atoms with Crippen LogP contribution in [0.1, 0.15) is 51.2 Å². The number of quaternary nitrogens is 1. The van der Waals surface area contributed by atoms with Crippen molar-refractivity contribution in [2.24, 2.45) is 23.2 Å². The quantitative estimate of drug-likeness (QED) is 0.500. The van der Waals surface area contributed by atoms with Crippen molar-refractivity contribution in [3.05, 3.63) is 29.8 Å². The predicted octanol–water partition coefficient (Wildman–Crippen LogP) is 1.47. The van der Waals surface area contributed by atoms with Crippen molar-refractivity contribution in [2.45, 2.75) is 63.4 Å². The van der Waals surface area contributed by atoms with Crippen molar-refractivity contribution >= 4 is 5.97 Å². The highest BCUT2D eigenvalue weighted by Crippen LogP contribution is 2.70. The van der Waals surface area contributed by atoms with Gasteiger partial charge >= 0.3 is 5.97 Å². The summed E-state index contributed by atoms with van der Waals surface area (Å²) in [5.74, 6) is 0.576. The molecule has 1 unspecified atom stereocenters. The van der Waals surface area contributed by atoms with E-state index >= 15 is 0 Å². The lowest BCUT2D eigenvalue weighted by atomic mass is 9.53. The van der Waals surface area contributed by atoms with Crippen molar-refractivity contribution in [3.63, 3.8) is 0 Å². The van der Waals surface area contributed by atoms with Crippen molar-refractivity contribution in [1.82, 2.24) is 0 Å². The van der Waals surface area contributed by atoms with Crippen molar-refractivity contribution in [1.29, 1.82) is 0 Å². The van der Waals surface area contributed by atoms with Gasteiger partial charge in [-0.05, 0) is 42.9 Å². The van der Waals surface area contributed by atoms with Gasteiger partial charge in [0.05, 0.1) is 19.7 Å². The number of phenolic OH excluding ortho intramolecular Hbond substituents is 1. The summed E-state index contributed by atoms with van der Waals surface area (Å²) in [6, 6.07) is 6.64. The fraction of sp³-hybridized carbons (Fsp3) is 0.708. The number of rotatable bonds is 5. The maximum atomic E-state index is 12.8. The van der Waals surface area contributed by atoms with E-state index in [4.69, 9.17) is 9.47 Å². The highest BCUT2D eigenvalue weighted by molar-refractivity contribution is 5.76. The van der Waals surface area contributed by atoms with Gasteiger partial charge in [0.2, 0.25) is 0 Å². The zero-order valence-corrected chi connectivity index (χ0v) is 18.1. The summed E-state index contributed by atoms with van der Waals surface area (Å²) in [4.78, 5) is 13.9. The van der Waals surface area contributed by atoms with Gasteiger partial charge in [-0.25, -0.2) is 0 Å². The number of nitrogens with one attached hydrogen (secondary N) is 1. The van der Waals surface area contributed by atoms with Gasteiger partial charge in [0.15, 0.2) is 0 Å². The smallest absolute Gasteiger partial charge is 0.315 e. The molecule has 0 amide bonds. The standard InChI is InChI=1S/C24H33NO5/c1-14-5-4-10-23(2)11-19-20(21-24(14,23)30-21)17(22(28)29-19)12-25(3)13-18(27)15-6-8-16(26)9-7-15/h6-9,14,17-21,26-27H,4-5,10-13H2,1-3H3/p+1/t14-,17+,18+,19-,20-,21+,23-,24+/m1/s1. The molecule has 2 aliphatic heterocycles. The van der Waals surface area contributed by atoms with E-state index < -0.39 is 6.10 Å². The topological polar surface area (TPSA) is 83.7 Å². The molecular weight excluding hydrogens is 382 g/mol. The molecular formula is C24H34NO5+. The highest BCUT2D eigenvalue weighted by Gasteiger charge is 2.78. The van der Waals surface area contributed by atoms with Crippen LogP contribution in [0, 0.1) is 23.2 Å². The number of ether oxygens (including phenoxy) is 2. The second-order valence-electron chi connectivity index (χ2n) is 10.5. The van der Waals surface area contributed by atoms with Crippen LogP contribution in [0.2, 0.25) is 0 Å². The molecule has 1 aromatic rings. The number of hydrogen-bond donors (Lipinski definition) is 3. The predicted molar refractivity (Wildman–Crippen MR) is 110 cm³/mol. The zero-order valence-electron chi connectivity index (χ0n) is 18.1. The van der Waals surface area contributed by atoms with E-state index in [0.29, 0.717) is 19.0 Å². The number of carbonyl (C=O) groups excluding carboxylic acids is 1. The number of aliphatic hydroxyl groups excluding tert-OH is 1. The molecule has 2 heterocycles. The summed E-state index contributed by atoms with van der Waals surface area (Å²) in [5, 5.41) is 20.0. The summed E-state index contributed by atoms with van der Waals surface area (Å²) >= 11 is 0. The molecule has 2 aliphatic carbocycles. The van der Waals surface area contributed by atoms with Crippen molar-refractivity contribution < 1.29 is 29.4 Å². The van der Waals surface area contributed by atoms with Gasteiger partial charge in [0, 0.05) is 11.3 Å². The lowest BCUT2D eigenvalue weighted by Crippen LogP contribution is -3.10. The fourth-order valence-corrected chi connectivity index (χ4v) is 7.07. The van der Waals surface area contributed by atoms with Gasteiger partial charge in [0.1, 0.15) is 36.0 Å². The second kappa shape index (κ2) is 6.94. The molecule has 30 heavy (non-hydrogen) atoms. The number of aliphatic hydroxyl groups is 1. The Bertz CT molecular complexity index is 827. The van der Waals surface area contributed by atoms with E-state index in [-0.39, 0.29) is 46.8 Å². The molecule has 0 radical (unpaired) electrons. The summed E-state index contributed by atoms with van der Waals surface area (Å²) in [6.45, 7) is 5.79. The molecule has 6 heteroatoms. The van der Waals surface area contributed by atoms with E-state index in [1.54, 1.807) is 24.3 Å². The van der Waals surface area contributed by atoms with Gasteiger partial charge in [0.25, 0.3) is 0 Å². The number of hydrogen-bond acceptors (Lipinski definition) is 5. The Hall–Kier alpha value is -1.63. The van der Waals surface area contributed by atoms with E-state index in [9.17, 15) is 15.0 Å². The van der Waals surface area contributed by atoms with E-state index in [1.807, 2.05) is 7.05 Å². The van der Waals surface area contributed by atoms with Crippen LogP contribution in [0.4, 0.5) is 0 Å². The largest absolute Gasteiger partial charge is 0.508 e. The number of epoxide rings is 1. The Labute approximate surface area is 178 Å². The average molecular weight is 417 g/mol. The highest BCUT2D eigenvalue weighted by atomic mass is 16.6. The van der Waals surface area contributed by atoms with Crippen LogP contribution in [0.15, 0.2) is 24.3 Å². The fourth-order valence-electron chi connectivity index (χ4n) is 7.07. The molecule has 2 saturated carbocycles. The molecule has 164 valence electrons. The summed E-state index contributed by atoms with van der Waals surface area (Å²) in [6.07, 6.45) is 3.95. The van der Waals surface area contributed by atoms with Crippen LogP contribution in [0.5, 0.6) is 5.75 Å². The van der Waals surface area contributed by atoms with E-state index in [0.717, 1.165) is 23.3 Å². The first kappa shape index (κ1) is 20.3. The number of benzene rings is 1. The van der Waals surface area contributed by atoms with E-state index in [1.165, 1.54) is 12.8 Å². The maximum Gasteiger partial charge on any atom is 0.315 e. The van der Waals surface area contributed by atoms with Crippen LogP contribution in [-0.2, 0) is 14.3 Å². The molecule has 1 spiro atoms. The van der Waals surface area contributed by atoms with Crippen LogP contribution in [0.25, 0.3) is 0 Å². The number of esters is 1. The number of aromatic hydroxyl groups is 1. The molecule has 0 aromatic heterocycles. The molecule has 9 atom stereocenters. The minimum Gasteiger partial charge on any atom is -0.508 e. The third-order valence-corrected chi connectivity index (χ3v) is 8.58. The van der Waals surface area contributed by atoms with Crippen LogP contribution in [0.3, 0.4) is 0 Å².